The zero-order valence-corrected chi connectivity index (χ0v) is 9.87. The molecule has 2 nitrogen and oxygen atoms in total. The summed E-state index contributed by atoms with van der Waals surface area (Å²) in [5.41, 5.74) is 0. The van der Waals surface area contributed by atoms with Gasteiger partial charge < -0.3 is 4.79 Å². The van der Waals surface area contributed by atoms with E-state index in [9.17, 15) is 9.59 Å². The van der Waals surface area contributed by atoms with Gasteiger partial charge in [-0.05, 0) is 26.0 Å². The first-order valence-corrected chi connectivity index (χ1v) is 5.76. The molecule has 0 fully saturated rings. The summed E-state index contributed by atoms with van der Waals surface area (Å²) >= 11 is 1.67. The standard InChI is InChI=1S/C5H10OS.C5H10O/c1-3-7-4-5(2)6;1-3-4-5(2)6/h3-4H2,1-2H3;3-4H2,1-2H3. The lowest BCUT2D eigenvalue weighted by Crippen LogP contribution is -1.92. The lowest BCUT2D eigenvalue weighted by molar-refractivity contribution is -0.117. The van der Waals surface area contributed by atoms with Gasteiger partial charge in [0.15, 0.2) is 0 Å². The van der Waals surface area contributed by atoms with Crippen molar-refractivity contribution < 1.29 is 9.59 Å². The number of thioether (sulfide) groups is 1. The average Bonchev–Trinajstić information content (AvgIpc) is 2.01. The zero-order valence-electron chi connectivity index (χ0n) is 9.05. The molecule has 0 radical (unpaired) electrons. The maximum atomic E-state index is 10.2. The molecule has 0 saturated carbocycles. The Kier molecular flexibility index (Phi) is 13.6. The van der Waals surface area contributed by atoms with Crippen LogP contribution in [0, 0.1) is 0 Å². The highest BCUT2D eigenvalue weighted by Gasteiger charge is 1.87. The Labute approximate surface area is 85.5 Å². The lowest BCUT2D eigenvalue weighted by atomic mass is 10.3. The lowest BCUT2D eigenvalue weighted by Gasteiger charge is -1.87. The predicted octanol–water partition coefficient (Wildman–Crippen LogP) is 2.70. The van der Waals surface area contributed by atoms with Crippen molar-refractivity contribution in [1.29, 1.82) is 0 Å². The fourth-order valence-electron chi connectivity index (χ4n) is 0.598. The summed E-state index contributed by atoms with van der Waals surface area (Å²) in [4.78, 5) is 20.2. The molecule has 13 heavy (non-hydrogen) atoms. The highest BCUT2D eigenvalue weighted by Crippen LogP contribution is 1.96. The molecule has 0 bridgehead atoms. The van der Waals surface area contributed by atoms with Crippen molar-refractivity contribution in [3.8, 4) is 0 Å². The van der Waals surface area contributed by atoms with Crippen molar-refractivity contribution in [3.63, 3.8) is 0 Å². The van der Waals surface area contributed by atoms with E-state index in [2.05, 4.69) is 0 Å². The number of rotatable bonds is 5. The van der Waals surface area contributed by atoms with Crippen molar-refractivity contribution in [2.45, 2.75) is 40.5 Å². The van der Waals surface area contributed by atoms with E-state index in [1.54, 1.807) is 25.6 Å². The highest BCUT2D eigenvalue weighted by molar-refractivity contribution is 7.99. The average molecular weight is 204 g/mol. The molecule has 0 aromatic heterocycles. The SMILES string of the molecule is CCCC(C)=O.CCSCC(C)=O. The summed E-state index contributed by atoms with van der Waals surface area (Å²) in [6.07, 6.45) is 1.72. The Bertz CT molecular complexity index is 144. The molecule has 0 heterocycles. The van der Waals surface area contributed by atoms with E-state index in [1.165, 1.54) is 0 Å². The minimum atomic E-state index is 0.270. The summed E-state index contributed by atoms with van der Waals surface area (Å²) in [6.45, 7) is 7.28. The summed E-state index contributed by atoms with van der Waals surface area (Å²) in [5, 5.41) is 0. The van der Waals surface area contributed by atoms with Crippen LogP contribution in [0.5, 0.6) is 0 Å². The second-order valence-corrected chi connectivity index (χ2v) is 4.07. The maximum Gasteiger partial charge on any atom is 0.139 e. The van der Waals surface area contributed by atoms with E-state index >= 15 is 0 Å². The fraction of sp³-hybridized carbons (Fsp3) is 0.800. The first kappa shape index (κ1) is 15.2. The van der Waals surface area contributed by atoms with Gasteiger partial charge in [-0.25, -0.2) is 0 Å². The molecule has 0 saturated heterocycles. The van der Waals surface area contributed by atoms with Gasteiger partial charge in [-0.3, -0.25) is 4.79 Å². The molecule has 0 aromatic rings. The highest BCUT2D eigenvalue weighted by atomic mass is 32.2. The first-order valence-electron chi connectivity index (χ1n) is 4.61. The van der Waals surface area contributed by atoms with Crippen molar-refractivity contribution >= 4 is 23.3 Å². The summed E-state index contributed by atoms with van der Waals surface area (Å²) in [7, 11) is 0. The van der Waals surface area contributed by atoms with Gasteiger partial charge in [-0.1, -0.05) is 13.8 Å². The van der Waals surface area contributed by atoms with Gasteiger partial charge in [0.2, 0.25) is 0 Å². The molecule has 0 aliphatic carbocycles. The third-order valence-corrected chi connectivity index (χ3v) is 2.13. The van der Waals surface area contributed by atoms with E-state index in [-0.39, 0.29) is 11.6 Å². The minimum absolute atomic E-state index is 0.270. The fourth-order valence-corrected chi connectivity index (χ4v) is 1.09. The van der Waals surface area contributed by atoms with Crippen LogP contribution >= 0.6 is 11.8 Å². The van der Waals surface area contributed by atoms with Gasteiger partial charge in [0.25, 0.3) is 0 Å². The Morgan fingerprint density at radius 1 is 1.08 bits per heavy atom. The third kappa shape index (κ3) is 24.5. The molecule has 0 amide bonds. The Hall–Kier alpha value is -0.310. The predicted molar refractivity (Wildman–Crippen MR) is 59.3 cm³/mol. The van der Waals surface area contributed by atoms with Crippen LogP contribution in [0.25, 0.3) is 0 Å². The largest absolute Gasteiger partial charge is 0.300 e. The maximum absolute atomic E-state index is 10.2. The quantitative estimate of drug-likeness (QED) is 0.690. The Morgan fingerprint density at radius 3 is 1.69 bits per heavy atom. The molecule has 0 aliphatic rings. The number of Topliss-reactive ketones (excluding diaryl/α,β-unsaturated/α-hetero) is 2. The van der Waals surface area contributed by atoms with Crippen molar-refractivity contribution in [2.75, 3.05) is 11.5 Å². The molecule has 0 spiro atoms. The van der Waals surface area contributed by atoms with Gasteiger partial charge in [0.1, 0.15) is 11.6 Å². The van der Waals surface area contributed by atoms with Crippen LogP contribution in [-0.2, 0) is 9.59 Å². The van der Waals surface area contributed by atoms with Gasteiger partial charge in [0.05, 0.1) is 5.75 Å². The van der Waals surface area contributed by atoms with Crippen LogP contribution in [-0.4, -0.2) is 23.1 Å². The van der Waals surface area contributed by atoms with Crippen LogP contribution in [0.3, 0.4) is 0 Å². The molecule has 0 unspecified atom stereocenters. The molecule has 3 heteroatoms. The molecule has 0 rings (SSSR count). The monoisotopic (exact) mass is 204 g/mol. The summed E-state index contributed by atoms with van der Waals surface area (Å²) < 4.78 is 0. The number of hydrogen-bond donors (Lipinski definition) is 0. The van der Waals surface area contributed by atoms with Crippen LogP contribution in [0.2, 0.25) is 0 Å². The van der Waals surface area contributed by atoms with Crippen LogP contribution < -0.4 is 0 Å². The second-order valence-electron chi connectivity index (χ2n) is 2.79. The minimum Gasteiger partial charge on any atom is -0.300 e. The summed E-state index contributed by atoms with van der Waals surface area (Å²) in [5.74, 6) is 2.28. The van der Waals surface area contributed by atoms with Gasteiger partial charge in [-0.15, -0.1) is 0 Å². The van der Waals surface area contributed by atoms with Crippen molar-refractivity contribution in [3.05, 3.63) is 0 Å². The molecular weight excluding hydrogens is 184 g/mol. The van der Waals surface area contributed by atoms with Crippen LogP contribution in [0.4, 0.5) is 0 Å². The van der Waals surface area contributed by atoms with Crippen LogP contribution in [0.15, 0.2) is 0 Å². The van der Waals surface area contributed by atoms with Gasteiger partial charge in [0, 0.05) is 6.42 Å². The van der Waals surface area contributed by atoms with E-state index in [0.29, 0.717) is 5.75 Å². The van der Waals surface area contributed by atoms with E-state index < -0.39 is 0 Å². The van der Waals surface area contributed by atoms with Gasteiger partial charge in [-0.2, -0.15) is 11.8 Å². The number of hydrogen-bond acceptors (Lipinski definition) is 3. The van der Waals surface area contributed by atoms with E-state index in [0.717, 1.165) is 18.6 Å². The molecule has 78 valence electrons. The van der Waals surface area contributed by atoms with E-state index in [4.69, 9.17) is 0 Å². The van der Waals surface area contributed by atoms with Crippen LogP contribution in [0.1, 0.15) is 40.5 Å². The number of ketones is 2. The van der Waals surface area contributed by atoms with Gasteiger partial charge >= 0.3 is 0 Å². The van der Waals surface area contributed by atoms with Crippen molar-refractivity contribution in [2.24, 2.45) is 0 Å². The smallest absolute Gasteiger partial charge is 0.139 e. The molecule has 0 aromatic carbocycles. The van der Waals surface area contributed by atoms with Crippen molar-refractivity contribution in [1.82, 2.24) is 0 Å². The molecule has 0 N–H and O–H groups in total. The molecule has 0 atom stereocenters. The first-order chi connectivity index (χ1) is 6.04. The Balaban J connectivity index is 0. The molecular formula is C10H20O2S. The zero-order chi connectivity index (χ0) is 10.7. The topological polar surface area (TPSA) is 34.1 Å². The molecule has 0 aliphatic heterocycles. The third-order valence-electron chi connectivity index (χ3n) is 1.11. The number of carbonyl (C=O) groups excluding carboxylic acids is 2. The normalized spacial score (nSPS) is 8.62. The number of carbonyl (C=O) groups is 2. The van der Waals surface area contributed by atoms with E-state index in [1.807, 2.05) is 13.8 Å². The Morgan fingerprint density at radius 2 is 1.62 bits per heavy atom. The summed E-state index contributed by atoms with van der Waals surface area (Å²) in [6, 6.07) is 0. The second kappa shape index (κ2) is 11.7.